The van der Waals surface area contributed by atoms with Crippen molar-refractivity contribution < 1.29 is 13.9 Å². The number of halogens is 1. The van der Waals surface area contributed by atoms with E-state index < -0.39 is 0 Å². The highest BCUT2D eigenvalue weighted by Crippen LogP contribution is 2.24. The third-order valence-corrected chi connectivity index (χ3v) is 2.61. The van der Waals surface area contributed by atoms with Crippen molar-refractivity contribution in [2.24, 2.45) is 0 Å². The number of nitrogens with one attached hydrogen (secondary N) is 1. The number of furan rings is 1. The maximum atomic E-state index is 13.5. The molecule has 0 aliphatic heterocycles. The molecule has 0 fully saturated rings. The van der Waals surface area contributed by atoms with E-state index in [1.165, 1.54) is 6.07 Å². The first kappa shape index (κ1) is 12.8. The molecular formula is C14H16FNO2. The average Bonchev–Trinajstić information content (AvgIpc) is 2.84. The van der Waals surface area contributed by atoms with Crippen molar-refractivity contribution in [2.75, 3.05) is 13.2 Å². The van der Waals surface area contributed by atoms with Crippen LogP contribution >= 0.6 is 0 Å². The molecule has 1 aromatic heterocycles. The first-order valence-corrected chi connectivity index (χ1v) is 5.96. The highest BCUT2D eigenvalue weighted by molar-refractivity contribution is 5.58. The first-order valence-electron chi connectivity index (χ1n) is 5.96. The zero-order valence-corrected chi connectivity index (χ0v) is 10.0. The van der Waals surface area contributed by atoms with E-state index in [0.29, 0.717) is 24.3 Å². The Labute approximate surface area is 105 Å². The molecule has 1 aromatic carbocycles. The number of hydrogen-bond donors (Lipinski definition) is 2. The molecule has 0 bridgehead atoms. The molecule has 0 amide bonds. The van der Waals surface area contributed by atoms with Gasteiger partial charge in [-0.1, -0.05) is 12.1 Å². The molecule has 4 heteroatoms. The smallest absolute Gasteiger partial charge is 0.137 e. The standard InChI is InChI=1S/C14H16FNO2/c15-13-5-2-1-4-12(13)14-7-6-11(18-14)10-16-8-3-9-17/h1-2,4-7,16-17H,3,8-10H2. The molecule has 0 saturated heterocycles. The van der Waals surface area contributed by atoms with Crippen LogP contribution in [0.25, 0.3) is 11.3 Å². The van der Waals surface area contributed by atoms with E-state index in [2.05, 4.69) is 5.32 Å². The summed E-state index contributed by atoms with van der Waals surface area (Å²) in [5, 5.41) is 11.8. The zero-order valence-electron chi connectivity index (χ0n) is 10.0. The molecule has 18 heavy (non-hydrogen) atoms. The molecule has 0 spiro atoms. The summed E-state index contributed by atoms with van der Waals surface area (Å²) in [4.78, 5) is 0. The second-order valence-corrected chi connectivity index (χ2v) is 4.00. The quantitative estimate of drug-likeness (QED) is 0.773. The fourth-order valence-corrected chi connectivity index (χ4v) is 1.69. The van der Waals surface area contributed by atoms with E-state index in [-0.39, 0.29) is 12.4 Å². The minimum absolute atomic E-state index is 0.172. The predicted octanol–water partition coefficient (Wildman–Crippen LogP) is 2.56. The van der Waals surface area contributed by atoms with Gasteiger partial charge in [0.25, 0.3) is 0 Å². The molecule has 1 heterocycles. The van der Waals surface area contributed by atoms with E-state index in [4.69, 9.17) is 9.52 Å². The lowest BCUT2D eigenvalue weighted by Gasteiger charge is -2.01. The summed E-state index contributed by atoms with van der Waals surface area (Å²) in [5.41, 5.74) is 0.471. The minimum atomic E-state index is -0.286. The Morgan fingerprint density at radius 1 is 1.17 bits per heavy atom. The summed E-state index contributed by atoms with van der Waals surface area (Å²) >= 11 is 0. The second-order valence-electron chi connectivity index (χ2n) is 4.00. The van der Waals surface area contributed by atoms with Crippen molar-refractivity contribution in [2.45, 2.75) is 13.0 Å². The van der Waals surface area contributed by atoms with Gasteiger partial charge < -0.3 is 14.8 Å². The van der Waals surface area contributed by atoms with Crippen LogP contribution in [0.2, 0.25) is 0 Å². The van der Waals surface area contributed by atoms with Gasteiger partial charge in [0.2, 0.25) is 0 Å². The second kappa shape index (κ2) is 6.33. The third kappa shape index (κ3) is 3.18. The number of benzene rings is 1. The van der Waals surface area contributed by atoms with Crippen LogP contribution in [0.15, 0.2) is 40.8 Å². The van der Waals surface area contributed by atoms with Crippen molar-refractivity contribution in [3.63, 3.8) is 0 Å². The summed E-state index contributed by atoms with van der Waals surface area (Å²) in [6.45, 7) is 1.48. The first-order chi connectivity index (χ1) is 8.81. The maximum absolute atomic E-state index is 13.5. The topological polar surface area (TPSA) is 45.4 Å². The number of rotatable bonds is 6. The number of aliphatic hydroxyl groups excluding tert-OH is 1. The highest BCUT2D eigenvalue weighted by atomic mass is 19.1. The van der Waals surface area contributed by atoms with Crippen LogP contribution in [0.4, 0.5) is 4.39 Å². The largest absolute Gasteiger partial charge is 0.460 e. The minimum Gasteiger partial charge on any atom is -0.460 e. The molecule has 0 atom stereocenters. The van der Waals surface area contributed by atoms with Crippen LogP contribution in [0.1, 0.15) is 12.2 Å². The van der Waals surface area contributed by atoms with Gasteiger partial charge in [0.05, 0.1) is 12.1 Å². The SMILES string of the molecule is OCCCNCc1ccc(-c2ccccc2F)o1. The van der Waals surface area contributed by atoms with Gasteiger partial charge in [-0.3, -0.25) is 0 Å². The molecule has 2 rings (SSSR count). The van der Waals surface area contributed by atoms with Gasteiger partial charge in [0.15, 0.2) is 0 Å². The fraction of sp³-hybridized carbons (Fsp3) is 0.286. The van der Waals surface area contributed by atoms with Crippen molar-refractivity contribution in [1.29, 1.82) is 0 Å². The van der Waals surface area contributed by atoms with Gasteiger partial charge in [0.1, 0.15) is 17.3 Å². The lowest BCUT2D eigenvalue weighted by Crippen LogP contribution is -2.15. The lowest BCUT2D eigenvalue weighted by atomic mass is 10.1. The Kier molecular flexibility index (Phi) is 4.50. The Hall–Kier alpha value is -1.65. The highest BCUT2D eigenvalue weighted by Gasteiger charge is 2.08. The van der Waals surface area contributed by atoms with E-state index >= 15 is 0 Å². The normalized spacial score (nSPS) is 10.8. The summed E-state index contributed by atoms with van der Waals surface area (Å²) < 4.78 is 19.1. The summed E-state index contributed by atoms with van der Waals surface area (Å²) in [7, 11) is 0. The lowest BCUT2D eigenvalue weighted by molar-refractivity contribution is 0.285. The Morgan fingerprint density at radius 3 is 2.78 bits per heavy atom. The van der Waals surface area contributed by atoms with Crippen LogP contribution in [0.5, 0.6) is 0 Å². The molecule has 0 radical (unpaired) electrons. The van der Waals surface area contributed by atoms with Gasteiger partial charge in [0, 0.05) is 6.61 Å². The van der Waals surface area contributed by atoms with Gasteiger partial charge in [-0.15, -0.1) is 0 Å². The molecule has 2 aromatic rings. The van der Waals surface area contributed by atoms with E-state index in [1.54, 1.807) is 24.3 Å². The Balaban J connectivity index is 2.00. The average molecular weight is 249 g/mol. The molecule has 0 saturated carbocycles. The molecule has 0 aliphatic rings. The zero-order chi connectivity index (χ0) is 12.8. The molecule has 0 unspecified atom stereocenters. The molecule has 3 nitrogen and oxygen atoms in total. The van der Waals surface area contributed by atoms with Crippen LogP contribution in [0.3, 0.4) is 0 Å². The van der Waals surface area contributed by atoms with Gasteiger partial charge >= 0.3 is 0 Å². The molecule has 0 aliphatic carbocycles. The maximum Gasteiger partial charge on any atom is 0.137 e. The van der Waals surface area contributed by atoms with Gasteiger partial charge in [-0.05, 0) is 37.2 Å². The molecule has 96 valence electrons. The van der Waals surface area contributed by atoms with E-state index in [1.807, 2.05) is 6.07 Å². The number of hydrogen-bond acceptors (Lipinski definition) is 3. The van der Waals surface area contributed by atoms with E-state index in [0.717, 1.165) is 12.3 Å². The predicted molar refractivity (Wildman–Crippen MR) is 67.5 cm³/mol. The van der Waals surface area contributed by atoms with Gasteiger partial charge in [-0.25, -0.2) is 4.39 Å². The van der Waals surface area contributed by atoms with Crippen LogP contribution < -0.4 is 5.32 Å². The summed E-state index contributed by atoms with van der Waals surface area (Å²) in [6, 6.07) is 10.1. The van der Waals surface area contributed by atoms with Crippen LogP contribution in [-0.4, -0.2) is 18.3 Å². The van der Waals surface area contributed by atoms with Crippen molar-refractivity contribution in [1.82, 2.24) is 5.32 Å². The van der Waals surface area contributed by atoms with E-state index in [9.17, 15) is 4.39 Å². The molecule has 2 N–H and O–H groups in total. The van der Waals surface area contributed by atoms with Crippen molar-refractivity contribution in [3.8, 4) is 11.3 Å². The molecular weight excluding hydrogens is 233 g/mol. The number of aliphatic hydroxyl groups is 1. The summed E-state index contributed by atoms with van der Waals surface area (Å²) in [6.07, 6.45) is 0.709. The van der Waals surface area contributed by atoms with Crippen LogP contribution in [-0.2, 0) is 6.54 Å². The Morgan fingerprint density at radius 2 is 2.00 bits per heavy atom. The van der Waals surface area contributed by atoms with Crippen LogP contribution in [0, 0.1) is 5.82 Å². The van der Waals surface area contributed by atoms with Crippen molar-refractivity contribution >= 4 is 0 Å². The van der Waals surface area contributed by atoms with Crippen molar-refractivity contribution in [3.05, 3.63) is 48.0 Å². The third-order valence-electron chi connectivity index (χ3n) is 2.61. The summed E-state index contributed by atoms with van der Waals surface area (Å²) in [5.74, 6) is 1.00. The fourth-order valence-electron chi connectivity index (χ4n) is 1.69. The monoisotopic (exact) mass is 249 g/mol. The van der Waals surface area contributed by atoms with Gasteiger partial charge in [-0.2, -0.15) is 0 Å². The Bertz CT molecular complexity index is 496.